The number of amides is 1. The summed E-state index contributed by atoms with van der Waals surface area (Å²) in [6, 6.07) is 4.11. The van der Waals surface area contributed by atoms with Gasteiger partial charge in [-0.05, 0) is 42.9 Å². The molecule has 1 heterocycles. The molecule has 2 fully saturated rings. The molecule has 126 valence electrons. The maximum absolute atomic E-state index is 13.7. The lowest BCUT2D eigenvalue weighted by Gasteiger charge is -2.32. The maximum atomic E-state index is 13.7. The van der Waals surface area contributed by atoms with Crippen molar-refractivity contribution in [3.63, 3.8) is 0 Å². The molecule has 1 amide bonds. The number of anilines is 1. The van der Waals surface area contributed by atoms with E-state index in [0.717, 1.165) is 6.07 Å². The quantitative estimate of drug-likeness (QED) is 0.778. The van der Waals surface area contributed by atoms with E-state index in [4.69, 9.17) is 11.6 Å². The van der Waals surface area contributed by atoms with Crippen LogP contribution in [-0.4, -0.2) is 52.9 Å². The Morgan fingerprint density at radius 1 is 1.26 bits per heavy atom. The van der Waals surface area contributed by atoms with Crippen molar-refractivity contribution in [3.8, 4) is 0 Å². The Morgan fingerprint density at radius 3 is 2.43 bits per heavy atom. The van der Waals surface area contributed by atoms with Crippen LogP contribution >= 0.6 is 11.6 Å². The second-order valence-corrected chi connectivity index (χ2v) is 6.93. The summed E-state index contributed by atoms with van der Waals surface area (Å²) in [5, 5.41) is 22.3. The lowest BCUT2D eigenvalue weighted by molar-refractivity contribution is -0.117. The molecule has 1 aromatic carbocycles. The van der Waals surface area contributed by atoms with E-state index < -0.39 is 18.0 Å². The highest BCUT2D eigenvalue weighted by atomic mass is 35.5. The largest absolute Gasteiger partial charge is 0.390 e. The zero-order valence-corrected chi connectivity index (χ0v) is 13.3. The summed E-state index contributed by atoms with van der Waals surface area (Å²) in [5.41, 5.74) is 0.113. The number of likely N-dealkylation sites (tertiary alicyclic amines) is 1. The van der Waals surface area contributed by atoms with Crippen LogP contribution in [0.25, 0.3) is 0 Å². The Hall–Kier alpha value is -1.21. The van der Waals surface area contributed by atoms with Gasteiger partial charge in [-0.15, -0.1) is 0 Å². The molecule has 0 bridgehead atoms. The van der Waals surface area contributed by atoms with Crippen molar-refractivity contribution in [1.82, 2.24) is 4.90 Å². The maximum Gasteiger partial charge on any atom is 0.238 e. The first kappa shape index (κ1) is 16.6. The van der Waals surface area contributed by atoms with Crippen molar-refractivity contribution < 1.29 is 19.4 Å². The summed E-state index contributed by atoms with van der Waals surface area (Å²) in [6.45, 7) is 1.59. The second-order valence-electron chi connectivity index (χ2n) is 6.49. The monoisotopic (exact) mass is 342 g/mol. The first-order valence-corrected chi connectivity index (χ1v) is 8.13. The van der Waals surface area contributed by atoms with Gasteiger partial charge in [-0.1, -0.05) is 11.6 Å². The third-order valence-corrected chi connectivity index (χ3v) is 4.99. The molecule has 2 aliphatic rings. The Kier molecular flexibility index (Phi) is 4.87. The van der Waals surface area contributed by atoms with Gasteiger partial charge in [-0.2, -0.15) is 0 Å². The Bertz CT molecular complexity index is 583. The molecule has 0 unspecified atom stereocenters. The molecular formula is C16H20ClFN2O3. The average molecular weight is 343 g/mol. The van der Waals surface area contributed by atoms with Crippen LogP contribution in [0.3, 0.4) is 0 Å². The van der Waals surface area contributed by atoms with Crippen molar-refractivity contribution in [2.45, 2.75) is 25.0 Å². The van der Waals surface area contributed by atoms with Crippen molar-refractivity contribution in [2.24, 2.45) is 11.8 Å². The van der Waals surface area contributed by atoms with Crippen LogP contribution in [0.1, 0.15) is 12.8 Å². The van der Waals surface area contributed by atoms with Crippen LogP contribution in [0.4, 0.5) is 10.1 Å². The smallest absolute Gasteiger partial charge is 0.238 e. The fraction of sp³-hybridized carbons (Fsp3) is 0.562. The number of carbonyl (C=O) groups excluding carboxylic acids is 1. The number of rotatable bonds is 3. The van der Waals surface area contributed by atoms with Crippen molar-refractivity contribution >= 4 is 23.2 Å². The standard InChI is InChI=1S/C16H20ClFN2O3/c17-11-1-2-13(12(18)5-11)19-16(23)8-20-6-9-3-14(21)15(22)4-10(9)7-20/h1-2,5,9-10,14-15,21-22H,3-4,6-8H2,(H,19,23)/t9-,10+,14-,15-/m1/s1. The summed E-state index contributed by atoms with van der Waals surface area (Å²) in [6.07, 6.45) is -0.215. The molecule has 23 heavy (non-hydrogen) atoms. The summed E-state index contributed by atoms with van der Waals surface area (Å²) in [7, 11) is 0. The zero-order valence-electron chi connectivity index (χ0n) is 12.6. The number of fused-ring (bicyclic) bond motifs is 1. The molecule has 0 aromatic heterocycles. The van der Waals surface area contributed by atoms with Crippen LogP contribution in [0.5, 0.6) is 0 Å². The fourth-order valence-electron chi connectivity index (χ4n) is 3.62. The van der Waals surface area contributed by atoms with E-state index in [2.05, 4.69) is 5.32 Å². The zero-order chi connectivity index (χ0) is 16.6. The number of nitrogens with zero attached hydrogens (tertiary/aromatic N) is 1. The predicted octanol–water partition coefficient (Wildman–Crippen LogP) is 1.48. The van der Waals surface area contributed by atoms with Gasteiger partial charge in [-0.25, -0.2) is 4.39 Å². The van der Waals surface area contributed by atoms with Crippen LogP contribution in [-0.2, 0) is 4.79 Å². The molecule has 1 aliphatic heterocycles. The van der Waals surface area contributed by atoms with Crippen LogP contribution in [0, 0.1) is 17.7 Å². The van der Waals surface area contributed by atoms with Gasteiger partial charge < -0.3 is 15.5 Å². The van der Waals surface area contributed by atoms with Gasteiger partial charge in [0.15, 0.2) is 0 Å². The van der Waals surface area contributed by atoms with E-state index in [0.29, 0.717) is 37.8 Å². The first-order valence-electron chi connectivity index (χ1n) is 7.75. The molecule has 1 aliphatic carbocycles. The number of carbonyl (C=O) groups is 1. The van der Waals surface area contributed by atoms with Gasteiger partial charge in [0.25, 0.3) is 0 Å². The Morgan fingerprint density at radius 2 is 1.87 bits per heavy atom. The van der Waals surface area contributed by atoms with E-state index in [1.807, 2.05) is 4.90 Å². The molecule has 1 saturated heterocycles. The predicted molar refractivity (Wildman–Crippen MR) is 84.7 cm³/mol. The Labute approximate surface area is 139 Å². The number of benzene rings is 1. The summed E-state index contributed by atoms with van der Waals surface area (Å²) in [4.78, 5) is 14.1. The highest BCUT2D eigenvalue weighted by Gasteiger charge is 2.41. The molecule has 7 heteroatoms. The number of aliphatic hydroxyl groups is 2. The van der Waals surface area contributed by atoms with E-state index in [1.54, 1.807) is 0 Å². The minimum Gasteiger partial charge on any atom is -0.390 e. The van der Waals surface area contributed by atoms with E-state index in [9.17, 15) is 19.4 Å². The molecule has 3 rings (SSSR count). The molecule has 1 saturated carbocycles. The lowest BCUT2D eigenvalue weighted by atomic mass is 9.79. The average Bonchev–Trinajstić information content (AvgIpc) is 2.83. The van der Waals surface area contributed by atoms with Crippen LogP contribution in [0.2, 0.25) is 5.02 Å². The Balaban J connectivity index is 1.55. The normalized spacial score (nSPS) is 31.0. The van der Waals surface area contributed by atoms with E-state index >= 15 is 0 Å². The molecule has 1 aromatic rings. The van der Waals surface area contributed by atoms with Crippen molar-refractivity contribution in [1.29, 1.82) is 0 Å². The summed E-state index contributed by atoms with van der Waals surface area (Å²) in [5.74, 6) is -0.250. The van der Waals surface area contributed by atoms with Gasteiger partial charge in [0.2, 0.25) is 5.91 Å². The van der Waals surface area contributed by atoms with Gasteiger partial charge in [0, 0.05) is 18.1 Å². The molecule has 5 nitrogen and oxygen atoms in total. The number of hydrogen-bond donors (Lipinski definition) is 3. The molecule has 0 spiro atoms. The number of aliphatic hydroxyl groups excluding tert-OH is 2. The van der Waals surface area contributed by atoms with Gasteiger partial charge in [0.05, 0.1) is 24.4 Å². The summed E-state index contributed by atoms with van der Waals surface area (Å²) < 4.78 is 13.7. The second kappa shape index (κ2) is 6.73. The first-order chi connectivity index (χ1) is 10.9. The van der Waals surface area contributed by atoms with Gasteiger partial charge >= 0.3 is 0 Å². The van der Waals surface area contributed by atoms with Crippen LogP contribution < -0.4 is 5.32 Å². The molecule has 3 N–H and O–H groups in total. The third kappa shape index (κ3) is 3.83. The molecular weight excluding hydrogens is 323 g/mol. The van der Waals surface area contributed by atoms with Crippen LogP contribution in [0.15, 0.2) is 18.2 Å². The van der Waals surface area contributed by atoms with E-state index in [-0.39, 0.29) is 23.2 Å². The lowest BCUT2D eigenvalue weighted by Crippen LogP contribution is -2.38. The number of halogens is 2. The highest BCUT2D eigenvalue weighted by molar-refractivity contribution is 6.30. The fourth-order valence-corrected chi connectivity index (χ4v) is 3.78. The highest BCUT2D eigenvalue weighted by Crippen LogP contribution is 2.36. The van der Waals surface area contributed by atoms with Crippen molar-refractivity contribution in [2.75, 3.05) is 25.0 Å². The molecule has 4 atom stereocenters. The molecule has 0 radical (unpaired) electrons. The third-order valence-electron chi connectivity index (χ3n) is 4.76. The number of nitrogens with one attached hydrogen (secondary N) is 1. The van der Waals surface area contributed by atoms with Gasteiger partial charge in [-0.3, -0.25) is 9.69 Å². The summed E-state index contributed by atoms with van der Waals surface area (Å²) >= 11 is 5.68. The van der Waals surface area contributed by atoms with Gasteiger partial charge in [0.1, 0.15) is 5.82 Å². The topological polar surface area (TPSA) is 72.8 Å². The minimum atomic E-state index is -0.673. The van der Waals surface area contributed by atoms with Crippen molar-refractivity contribution in [3.05, 3.63) is 29.0 Å². The number of hydrogen-bond acceptors (Lipinski definition) is 4. The minimum absolute atomic E-state index is 0.113. The SMILES string of the molecule is O=C(CN1C[C@H]2C[C@@H](O)[C@H](O)C[C@H]2C1)Nc1ccc(Cl)cc1F. The van der Waals surface area contributed by atoms with E-state index in [1.165, 1.54) is 12.1 Å².